The summed E-state index contributed by atoms with van der Waals surface area (Å²) in [6, 6.07) is 1.27. The summed E-state index contributed by atoms with van der Waals surface area (Å²) in [7, 11) is -4.63. The van der Waals surface area contributed by atoms with E-state index in [1.54, 1.807) is 0 Å². The molecule has 1 aliphatic rings. The van der Waals surface area contributed by atoms with Crippen molar-refractivity contribution < 1.29 is 12.6 Å². The summed E-state index contributed by atoms with van der Waals surface area (Å²) < 4.78 is 27.6. The molecule has 0 aliphatic heterocycles. The highest BCUT2D eigenvalue weighted by Gasteiger charge is 2.60. The van der Waals surface area contributed by atoms with Gasteiger partial charge in [-0.1, -0.05) is 38.9 Å². The SMILES string of the molecule is CCCC[Si](C)(C)C1CC1(C)OS(C)(=O)=O. The number of unbranched alkanes of at least 4 members (excludes halogenated alkanes) is 1. The van der Waals surface area contributed by atoms with E-state index in [4.69, 9.17) is 4.18 Å². The molecular weight excluding hydrogens is 240 g/mol. The molecule has 0 bridgehead atoms. The second-order valence-corrected chi connectivity index (χ2v) is 12.7. The first-order valence-corrected chi connectivity index (χ1v) is 11.1. The maximum atomic E-state index is 11.2. The molecule has 1 aliphatic carbocycles. The summed E-state index contributed by atoms with van der Waals surface area (Å²) in [5.41, 5.74) is 0.109. The van der Waals surface area contributed by atoms with Gasteiger partial charge in [0, 0.05) is 0 Å². The predicted octanol–water partition coefficient (Wildman–Crippen LogP) is 3.00. The highest BCUT2D eigenvalue weighted by atomic mass is 32.2. The summed E-state index contributed by atoms with van der Waals surface area (Å²) in [5.74, 6) is 0. The van der Waals surface area contributed by atoms with E-state index in [9.17, 15) is 8.42 Å². The zero-order chi connectivity index (χ0) is 12.6. The van der Waals surface area contributed by atoms with E-state index >= 15 is 0 Å². The van der Waals surface area contributed by atoms with E-state index in [0.29, 0.717) is 5.54 Å². The minimum atomic E-state index is -3.31. The van der Waals surface area contributed by atoms with Gasteiger partial charge in [0.1, 0.15) is 0 Å². The molecule has 0 spiro atoms. The Bertz CT molecular complexity index is 350. The summed E-state index contributed by atoms with van der Waals surface area (Å²) in [6.07, 6.45) is 4.54. The van der Waals surface area contributed by atoms with Crippen molar-refractivity contribution in [1.29, 1.82) is 0 Å². The molecule has 0 radical (unpaired) electrons. The van der Waals surface area contributed by atoms with Gasteiger partial charge in [0.25, 0.3) is 10.1 Å². The van der Waals surface area contributed by atoms with Crippen molar-refractivity contribution >= 4 is 18.2 Å². The van der Waals surface area contributed by atoms with Crippen LogP contribution in [0.25, 0.3) is 0 Å². The lowest BCUT2D eigenvalue weighted by molar-refractivity contribution is 0.210. The Morgan fingerprint density at radius 1 is 1.44 bits per heavy atom. The van der Waals surface area contributed by atoms with Crippen LogP contribution in [-0.2, 0) is 14.3 Å². The van der Waals surface area contributed by atoms with Crippen LogP contribution in [0.15, 0.2) is 0 Å². The van der Waals surface area contributed by atoms with E-state index < -0.39 is 23.8 Å². The van der Waals surface area contributed by atoms with Crippen LogP contribution in [0.2, 0.25) is 24.7 Å². The first kappa shape index (κ1) is 14.2. The standard InChI is InChI=1S/C11H24O3SSi/c1-6-7-8-16(4,5)10-9-11(10,2)14-15(3,12)13/h10H,6-9H2,1-5H3. The second kappa shape index (κ2) is 4.42. The van der Waals surface area contributed by atoms with E-state index in [-0.39, 0.29) is 0 Å². The minimum absolute atomic E-state index is 0.392. The van der Waals surface area contributed by atoms with E-state index in [2.05, 4.69) is 20.0 Å². The lowest BCUT2D eigenvalue weighted by Crippen LogP contribution is -2.31. The van der Waals surface area contributed by atoms with Crippen LogP contribution < -0.4 is 0 Å². The first-order valence-electron chi connectivity index (χ1n) is 6.01. The smallest absolute Gasteiger partial charge is 0.264 e. The van der Waals surface area contributed by atoms with Crippen LogP contribution in [-0.4, -0.2) is 28.3 Å². The Kier molecular flexibility index (Phi) is 3.92. The fraction of sp³-hybridized carbons (Fsp3) is 1.00. The van der Waals surface area contributed by atoms with Crippen LogP contribution in [0.4, 0.5) is 0 Å². The molecule has 0 N–H and O–H groups in total. The maximum absolute atomic E-state index is 11.2. The third-order valence-electron chi connectivity index (χ3n) is 3.65. The molecule has 0 amide bonds. The quantitative estimate of drug-likeness (QED) is 0.547. The molecule has 3 nitrogen and oxygen atoms in total. The Balaban J connectivity index is 2.60. The highest BCUT2D eigenvalue weighted by Crippen LogP contribution is 2.59. The molecule has 16 heavy (non-hydrogen) atoms. The van der Waals surface area contributed by atoms with Crippen LogP contribution in [0.5, 0.6) is 0 Å². The topological polar surface area (TPSA) is 43.4 Å². The average Bonchev–Trinajstić information content (AvgIpc) is 2.71. The molecule has 1 rings (SSSR count). The lowest BCUT2D eigenvalue weighted by atomic mass is 10.4. The molecule has 2 unspecified atom stereocenters. The third-order valence-corrected chi connectivity index (χ3v) is 8.67. The van der Waals surface area contributed by atoms with Gasteiger partial charge in [-0.25, -0.2) is 0 Å². The zero-order valence-corrected chi connectivity index (χ0v) is 12.9. The van der Waals surface area contributed by atoms with Crippen molar-refractivity contribution in [2.45, 2.75) is 63.4 Å². The van der Waals surface area contributed by atoms with Gasteiger partial charge in [-0.05, 0) is 18.9 Å². The Morgan fingerprint density at radius 3 is 2.44 bits per heavy atom. The van der Waals surface area contributed by atoms with Crippen molar-refractivity contribution in [2.75, 3.05) is 6.26 Å². The minimum Gasteiger partial charge on any atom is -0.264 e. The summed E-state index contributed by atoms with van der Waals surface area (Å²) >= 11 is 0. The summed E-state index contributed by atoms with van der Waals surface area (Å²) in [4.78, 5) is 0. The molecule has 1 fully saturated rings. The summed E-state index contributed by atoms with van der Waals surface area (Å²) in [6.45, 7) is 8.84. The normalized spacial score (nSPS) is 30.4. The van der Waals surface area contributed by atoms with Gasteiger partial charge in [0.2, 0.25) is 0 Å². The van der Waals surface area contributed by atoms with E-state index in [1.807, 2.05) is 6.92 Å². The number of hydrogen-bond acceptors (Lipinski definition) is 3. The largest absolute Gasteiger partial charge is 0.264 e. The fourth-order valence-corrected chi connectivity index (χ4v) is 7.94. The second-order valence-electron chi connectivity index (χ2n) is 5.95. The first-order chi connectivity index (χ1) is 7.11. The average molecular weight is 264 g/mol. The molecule has 2 atom stereocenters. The highest BCUT2D eigenvalue weighted by molar-refractivity contribution is 7.86. The van der Waals surface area contributed by atoms with Gasteiger partial charge in [0.05, 0.1) is 19.9 Å². The van der Waals surface area contributed by atoms with Gasteiger partial charge in [-0.2, -0.15) is 8.42 Å². The van der Waals surface area contributed by atoms with Crippen molar-refractivity contribution in [3.05, 3.63) is 0 Å². The molecule has 0 aromatic heterocycles. The van der Waals surface area contributed by atoms with Gasteiger partial charge in [0.15, 0.2) is 0 Å². The van der Waals surface area contributed by atoms with E-state index in [0.717, 1.165) is 12.7 Å². The van der Waals surface area contributed by atoms with Crippen LogP contribution in [0.1, 0.15) is 33.1 Å². The Hall–Kier alpha value is 0.127. The molecule has 1 saturated carbocycles. The number of hydrogen-bond donors (Lipinski definition) is 0. The van der Waals surface area contributed by atoms with Gasteiger partial charge >= 0.3 is 0 Å². The molecular formula is C11H24O3SSi. The maximum Gasteiger partial charge on any atom is 0.264 e. The van der Waals surface area contributed by atoms with Crippen molar-refractivity contribution in [3.8, 4) is 0 Å². The predicted molar refractivity (Wildman–Crippen MR) is 69.9 cm³/mol. The van der Waals surface area contributed by atoms with Crippen LogP contribution in [0.3, 0.4) is 0 Å². The number of rotatable bonds is 6. The van der Waals surface area contributed by atoms with Gasteiger partial charge < -0.3 is 0 Å². The Labute approximate surface area is 101 Å². The van der Waals surface area contributed by atoms with Gasteiger partial charge in [-0.3, -0.25) is 4.18 Å². The molecule has 96 valence electrons. The van der Waals surface area contributed by atoms with Gasteiger partial charge in [-0.15, -0.1) is 0 Å². The van der Waals surface area contributed by atoms with Crippen molar-refractivity contribution in [3.63, 3.8) is 0 Å². The monoisotopic (exact) mass is 264 g/mol. The van der Waals surface area contributed by atoms with Crippen molar-refractivity contribution in [2.24, 2.45) is 0 Å². The fourth-order valence-electron chi connectivity index (χ4n) is 2.69. The van der Waals surface area contributed by atoms with Crippen LogP contribution >= 0.6 is 0 Å². The van der Waals surface area contributed by atoms with Crippen LogP contribution in [0, 0.1) is 0 Å². The molecule has 0 saturated heterocycles. The molecule has 0 aromatic rings. The molecule has 0 aromatic carbocycles. The van der Waals surface area contributed by atoms with Crippen molar-refractivity contribution in [1.82, 2.24) is 0 Å². The zero-order valence-electron chi connectivity index (χ0n) is 11.0. The lowest BCUT2D eigenvalue weighted by Gasteiger charge is -2.24. The molecule has 5 heteroatoms. The van der Waals surface area contributed by atoms with E-state index in [1.165, 1.54) is 18.9 Å². The summed E-state index contributed by atoms with van der Waals surface area (Å²) in [5, 5.41) is 0. The third kappa shape index (κ3) is 3.57. The Morgan fingerprint density at radius 2 is 2.00 bits per heavy atom. The molecule has 0 heterocycles.